The number of ether oxygens (including phenoxy) is 2. The van der Waals surface area contributed by atoms with Crippen LogP contribution in [-0.4, -0.2) is 67.4 Å². The van der Waals surface area contributed by atoms with Crippen molar-refractivity contribution in [2.45, 2.75) is 26.9 Å². The first-order chi connectivity index (χ1) is 30.7. The van der Waals surface area contributed by atoms with E-state index in [1.807, 2.05) is 95.8 Å². The molecule has 2 aromatic heterocycles. The predicted molar refractivity (Wildman–Crippen MR) is 239 cm³/mol. The van der Waals surface area contributed by atoms with E-state index in [1.54, 1.807) is 31.3 Å². The summed E-state index contributed by atoms with van der Waals surface area (Å²) in [6, 6.07) is 30.3. The van der Waals surface area contributed by atoms with Gasteiger partial charge in [-0.25, -0.2) is 9.59 Å². The van der Waals surface area contributed by atoms with E-state index < -0.39 is 0 Å². The van der Waals surface area contributed by atoms with E-state index >= 15 is 0 Å². The van der Waals surface area contributed by atoms with Crippen LogP contribution in [0.15, 0.2) is 84.9 Å². The predicted octanol–water partition coefficient (Wildman–Crippen LogP) is 0.328. The van der Waals surface area contributed by atoms with Crippen molar-refractivity contribution in [3.63, 3.8) is 0 Å². The molecule has 1 fully saturated rings. The monoisotopic (exact) mass is 944 g/mol. The summed E-state index contributed by atoms with van der Waals surface area (Å²) in [5.41, 5.74) is 7.44. The van der Waals surface area contributed by atoms with E-state index in [0.29, 0.717) is 66.8 Å². The Morgan fingerprint density at radius 3 is 1.68 bits per heavy atom. The summed E-state index contributed by atoms with van der Waals surface area (Å²) < 4.78 is 14.7. The molecule has 322 valence electrons. The van der Waals surface area contributed by atoms with Crippen molar-refractivity contribution in [2.24, 2.45) is 0 Å². The molecule has 6 aromatic rings. The number of hydrogen-bond acceptors (Lipinski definition) is 9. The van der Waals surface area contributed by atoms with Crippen molar-refractivity contribution in [3.8, 4) is 47.3 Å². The minimum atomic E-state index is -0.309. The maximum Gasteiger partial charge on any atom is 1.00 e. The molecule has 3 heterocycles. The third-order valence-electron chi connectivity index (χ3n) is 9.65. The minimum Gasteiger partial charge on any atom is -1.00 e. The molecule has 65 heavy (non-hydrogen) atoms. The van der Waals surface area contributed by atoms with Crippen LogP contribution in [0, 0.1) is 46.3 Å². The minimum absolute atomic E-state index is 0. The van der Waals surface area contributed by atoms with Crippen LogP contribution in [0.1, 0.15) is 48.9 Å². The van der Waals surface area contributed by atoms with Crippen LogP contribution in [0.3, 0.4) is 0 Å². The average Bonchev–Trinajstić information content (AvgIpc) is 3.99. The standard InChI is InChI=1S/C23H21ClN4O2.C23H20N4O2.CH2O3.2K.H/c1-3-28-21(20(15-25)19-10-9-18(30-2)14-22(19)28)11-6-16-4-7-17(8-5-16)27-23(29)26-13-12-24;1-3-26-21(20(15-24)19-10-9-18(29-2)14-22(19)26)11-6-16-4-7-17(8-5-16)27-13-12-25-23(27)28;2-1-4-3;;;/h4-5,7-10,14H,3,12-13H2,1-2H3,(H2,26,27,29);4-5,7-10,14H,3,12-13H2,1-2H3,(H,25,28);1,3H;;;/q;;;2*+1;-1/p-1. The molecule has 0 saturated carbocycles. The van der Waals surface area contributed by atoms with Crippen LogP contribution in [0.2, 0.25) is 0 Å². The number of methoxy groups -OCH3 is 2. The fraction of sp³-hybridized carbons (Fsp3) is 0.213. The van der Waals surface area contributed by atoms with E-state index in [-0.39, 0.29) is 123 Å². The Kier molecular flexibility index (Phi) is 23.2. The van der Waals surface area contributed by atoms with Gasteiger partial charge in [0.05, 0.1) is 36.4 Å². The zero-order chi connectivity index (χ0) is 45.3. The molecule has 7 rings (SSSR count). The molecule has 0 aliphatic carbocycles. The quantitative estimate of drug-likeness (QED) is 0.0457. The summed E-state index contributed by atoms with van der Waals surface area (Å²) in [6.45, 7) is 6.95. The number of urea groups is 2. The van der Waals surface area contributed by atoms with Crippen molar-refractivity contribution in [2.75, 3.05) is 50.0 Å². The number of alkyl halides is 1. The molecule has 15 nitrogen and oxygen atoms in total. The number of amides is 4. The number of nitrogens with one attached hydrogen (secondary N) is 3. The van der Waals surface area contributed by atoms with Crippen LogP contribution in [-0.2, 0) is 22.8 Å². The summed E-state index contributed by atoms with van der Waals surface area (Å²) in [7, 11) is 3.24. The molecule has 1 aliphatic heterocycles. The molecule has 1 aliphatic rings. The van der Waals surface area contributed by atoms with Gasteiger partial charge < -0.3 is 46.1 Å². The first-order valence-electron chi connectivity index (χ1n) is 19.5. The van der Waals surface area contributed by atoms with Crippen LogP contribution < -0.4 is 138 Å². The first-order valence-corrected chi connectivity index (χ1v) is 20.1. The van der Waals surface area contributed by atoms with Crippen molar-refractivity contribution < 1.29 is 138 Å². The second-order valence-corrected chi connectivity index (χ2v) is 13.6. The average molecular weight is 946 g/mol. The largest absolute Gasteiger partial charge is 1.00 e. The number of anilines is 2. The number of hydrogen-bond donors (Lipinski definition) is 3. The van der Waals surface area contributed by atoms with Crippen molar-refractivity contribution in [3.05, 3.63) is 119 Å². The second kappa shape index (κ2) is 27.6. The Labute approximate surface area is 468 Å². The zero-order valence-corrected chi connectivity index (χ0v) is 43.9. The number of carbonyl (C=O) groups excluding carboxylic acids is 3. The summed E-state index contributed by atoms with van der Waals surface area (Å²) >= 11 is 5.55. The second-order valence-electron chi connectivity index (χ2n) is 13.2. The third-order valence-corrected chi connectivity index (χ3v) is 9.84. The molecule has 1 saturated heterocycles. The molecule has 18 heteroatoms. The topological polar surface area (TPSA) is 199 Å². The van der Waals surface area contributed by atoms with Gasteiger partial charge in [0.15, 0.2) is 0 Å². The van der Waals surface area contributed by atoms with Gasteiger partial charge in [0.25, 0.3) is 6.47 Å². The number of aromatic nitrogens is 2. The molecular weight excluding hydrogens is 902 g/mol. The molecule has 0 spiro atoms. The van der Waals surface area contributed by atoms with E-state index in [1.165, 1.54) is 0 Å². The van der Waals surface area contributed by atoms with Gasteiger partial charge in [-0.2, -0.15) is 10.5 Å². The number of benzene rings is 4. The van der Waals surface area contributed by atoms with Crippen LogP contribution in [0.25, 0.3) is 21.8 Å². The van der Waals surface area contributed by atoms with Gasteiger partial charge in [-0.05, 0) is 98.5 Å². The van der Waals surface area contributed by atoms with Gasteiger partial charge in [-0.15, -0.1) is 11.6 Å². The fourth-order valence-electron chi connectivity index (χ4n) is 6.73. The van der Waals surface area contributed by atoms with Gasteiger partial charge in [-0.3, -0.25) is 9.69 Å². The Bertz CT molecular complexity index is 2840. The fourth-order valence-corrected chi connectivity index (χ4v) is 6.83. The van der Waals surface area contributed by atoms with E-state index in [4.69, 9.17) is 31.1 Å². The number of carbonyl (C=O) groups is 3. The first kappa shape index (κ1) is 54.5. The van der Waals surface area contributed by atoms with Gasteiger partial charge in [0.2, 0.25) is 0 Å². The van der Waals surface area contributed by atoms with Crippen molar-refractivity contribution in [1.29, 1.82) is 10.5 Å². The number of rotatable bonds is 9. The van der Waals surface area contributed by atoms with E-state index in [0.717, 1.165) is 50.1 Å². The summed E-state index contributed by atoms with van der Waals surface area (Å²) in [5.74, 6) is 14.4. The van der Waals surface area contributed by atoms with Crippen molar-refractivity contribution >= 4 is 63.3 Å². The van der Waals surface area contributed by atoms with Gasteiger partial charge >= 0.3 is 115 Å². The Morgan fingerprint density at radius 2 is 1.29 bits per heavy atom. The summed E-state index contributed by atoms with van der Waals surface area (Å²) in [6.07, 6.45) is 0. The zero-order valence-electron chi connectivity index (χ0n) is 37.9. The maximum absolute atomic E-state index is 11.8. The Morgan fingerprint density at radius 1 is 0.815 bits per heavy atom. The molecular formula is C47H43ClK2N8O7. The summed E-state index contributed by atoms with van der Waals surface area (Å²) in [4.78, 5) is 36.4. The number of nitriles is 2. The number of halogens is 1. The molecule has 0 atom stereocenters. The third kappa shape index (κ3) is 13.9. The van der Waals surface area contributed by atoms with Crippen LogP contribution in [0.4, 0.5) is 21.0 Å². The van der Waals surface area contributed by atoms with Crippen LogP contribution >= 0.6 is 11.6 Å². The summed E-state index contributed by atoms with van der Waals surface area (Å²) in [5, 5.41) is 37.7. The number of aryl methyl sites for hydroxylation is 2. The molecule has 3 N–H and O–H groups in total. The molecule has 4 aromatic carbocycles. The normalized spacial score (nSPS) is 10.8. The molecule has 0 bridgehead atoms. The number of fused-ring (bicyclic) bond motifs is 2. The van der Waals surface area contributed by atoms with Gasteiger partial charge in [0.1, 0.15) is 35.0 Å². The van der Waals surface area contributed by atoms with E-state index in [2.05, 4.69) is 56.7 Å². The van der Waals surface area contributed by atoms with Gasteiger partial charge in [0, 0.05) is 84.0 Å². The molecule has 0 unspecified atom stereocenters. The molecule has 0 radical (unpaired) electrons. The number of nitrogens with zero attached hydrogens (tertiary/aromatic N) is 5. The van der Waals surface area contributed by atoms with Crippen LogP contribution in [0.5, 0.6) is 11.5 Å². The van der Waals surface area contributed by atoms with Crippen molar-refractivity contribution in [1.82, 2.24) is 19.8 Å². The van der Waals surface area contributed by atoms with Gasteiger partial charge in [-0.1, -0.05) is 11.8 Å². The van der Waals surface area contributed by atoms with E-state index in [9.17, 15) is 20.1 Å². The Balaban J connectivity index is 0.000000402. The maximum atomic E-state index is 11.8. The molecule has 4 amide bonds. The Hall–Kier alpha value is -4.81. The SMILES string of the molecule is CCn1c(C#Cc2ccc(N3CCNC3=O)cc2)c(C#N)c2ccc(OC)cc21.CCn1c(C#Cc2ccc(NC(=O)NCCCl)cc2)c(C#N)c2ccc(OC)cc21.O=CO[O-].[H-].[K+].[K+]. The smallest absolute Gasteiger partial charge is 1.00 e.